The van der Waals surface area contributed by atoms with E-state index in [2.05, 4.69) is 10.3 Å². The largest absolute Gasteiger partial charge is 0.444 e. The molecule has 128 valence electrons. The summed E-state index contributed by atoms with van der Waals surface area (Å²) in [5.74, 6) is 0.382. The molecule has 1 amide bonds. The van der Waals surface area contributed by atoms with Gasteiger partial charge in [-0.25, -0.2) is 9.78 Å². The molecule has 0 radical (unpaired) electrons. The van der Waals surface area contributed by atoms with E-state index in [4.69, 9.17) is 9.72 Å². The Balaban J connectivity index is 1.65. The fraction of sp³-hybridized carbons (Fsp3) is 0.526. The van der Waals surface area contributed by atoms with Gasteiger partial charge in [0.1, 0.15) is 5.60 Å². The minimum Gasteiger partial charge on any atom is -0.444 e. The van der Waals surface area contributed by atoms with Crippen LogP contribution in [-0.2, 0) is 11.2 Å². The zero-order valence-electron chi connectivity index (χ0n) is 14.6. The van der Waals surface area contributed by atoms with Gasteiger partial charge >= 0.3 is 6.09 Å². The van der Waals surface area contributed by atoms with Crippen molar-refractivity contribution in [1.82, 2.24) is 15.3 Å². The molecule has 5 nitrogen and oxygen atoms in total. The van der Waals surface area contributed by atoms with Crippen molar-refractivity contribution in [3.05, 3.63) is 36.2 Å². The number of hydrogen-bond acceptors (Lipinski definition) is 4. The van der Waals surface area contributed by atoms with E-state index in [1.54, 1.807) is 0 Å². The van der Waals surface area contributed by atoms with Crippen LogP contribution in [0.1, 0.15) is 45.7 Å². The maximum atomic E-state index is 12.0. The first-order valence-corrected chi connectivity index (χ1v) is 8.61. The molecule has 1 heterocycles. The van der Waals surface area contributed by atoms with Crippen LogP contribution >= 0.6 is 0 Å². The van der Waals surface area contributed by atoms with Crippen LogP contribution in [0.15, 0.2) is 30.5 Å². The molecular formula is C19H25N3O2. The van der Waals surface area contributed by atoms with Crippen molar-refractivity contribution in [3.8, 4) is 0 Å². The quantitative estimate of drug-likeness (QED) is 0.929. The number of para-hydroxylation sites is 2. The molecule has 0 saturated heterocycles. The summed E-state index contributed by atoms with van der Waals surface area (Å²) < 4.78 is 5.38. The van der Waals surface area contributed by atoms with Gasteiger partial charge in [0.2, 0.25) is 0 Å². The number of nitrogens with zero attached hydrogens (tertiary/aromatic N) is 2. The van der Waals surface area contributed by atoms with E-state index in [0.29, 0.717) is 5.92 Å². The third-order valence-corrected chi connectivity index (χ3v) is 4.33. The highest BCUT2D eigenvalue weighted by atomic mass is 16.6. The van der Waals surface area contributed by atoms with Gasteiger partial charge < -0.3 is 10.1 Å². The molecule has 1 aliphatic rings. The summed E-state index contributed by atoms with van der Waals surface area (Å²) in [6, 6.07) is 8.04. The lowest BCUT2D eigenvalue weighted by Crippen LogP contribution is -2.41. The maximum Gasteiger partial charge on any atom is 0.407 e. The Morgan fingerprint density at radius 2 is 2.00 bits per heavy atom. The average molecular weight is 327 g/mol. The maximum absolute atomic E-state index is 12.0. The van der Waals surface area contributed by atoms with Crippen LogP contribution in [-0.4, -0.2) is 27.7 Å². The molecular weight excluding hydrogens is 302 g/mol. The van der Waals surface area contributed by atoms with Gasteiger partial charge in [0, 0.05) is 12.2 Å². The standard InChI is InChI=1S/C19H25N3O2/c1-19(2,3)24-18(23)22-15-10-6-7-13(15)11-14-12-20-16-8-4-5-9-17(16)21-14/h4-5,8-9,12-13,15H,6-7,10-11H2,1-3H3,(H,22,23)/t13-,15+/m1/s1. The van der Waals surface area contributed by atoms with Gasteiger partial charge in [-0.05, 0) is 58.1 Å². The van der Waals surface area contributed by atoms with Crippen molar-refractivity contribution in [1.29, 1.82) is 0 Å². The number of aromatic nitrogens is 2. The van der Waals surface area contributed by atoms with Crippen molar-refractivity contribution in [2.45, 2.75) is 58.1 Å². The second kappa shape index (κ2) is 6.75. The first kappa shape index (κ1) is 16.7. The number of carbonyl (C=O) groups is 1. The molecule has 2 aromatic rings. The minimum atomic E-state index is -0.470. The second-order valence-electron chi connectivity index (χ2n) is 7.50. The van der Waals surface area contributed by atoms with Gasteiger partial charge in [-0.1, -0.05) is 18.6 Å². The molecule has 2 atom stereocenters. The molecule has 1 aromatic carbocycles. The third-order valence-electron chi connectivity index (χ3n) is 4.33. The molecule has 1 aliphatic carbocycles. The lowest BCUT2D eigenvalue weighted by Gasteiger charge is -2.24. The van der Waals surface area contributed by atoms with Crippen LogP contribution in [0.25, 0.3) is 11.0 Å². The summed E-state index contributed by atoms with van der Waals surface area (Å²) in [5, 5.41) is 3.03. The van der Waals surface area contributed by atoms with Crippen molar-refractivity contribution >= 4 is 17.1 Å². The number of ether oxygens (including phenoxy) is 1. The van der Waals surface area contributed by atoms with E-state index in [-0.39, 0.29) is 12.1 Å². The molecule has 5 heteroatoms. The zero-order valence-corrected chi connectivity index (χ0v) is 14.6. The van der Waals surface area contributed by atoms with Gasteiger partial charge in [0.25, 0.3) is 0 Å². The number of alkyl carbamates (subject to hydrolysis) is 1. The SMILES string of the molecule is CC(C)(C)OC(=O)N[C@H]1CCC[C@@H]1Cc1cnc2ccccc2n1. The molecule has 24 heavy (non-hydrogen) atoms. The van der Waals surface area contributed by atoms with Crippen LogP contribution in [0.4, 0.5) is 4.79 Å². The van der Waals surface area contributed by atoms with Gasteiger partial charge in [0.05, 0.1) is 16.7 Å². The predicted molar refractivity (Wildman–Crippen MR) is 93.7 cm³/mol. The van der Waals surface area contributed by atoms with E-state index in [1.807, 2.05) is 51.2 Å². The molecule has 1 fully saturated rings. The highest BCUT2D eigenvalue weighted by molar-refractivity contribution is 5.73. The van der Waals surface area contributed by atoms with Crippen LogP contribution < -0.4 is 5.32 Å². The fourth-order valence-corrected chi connectivity index (χ4v) is 3.29. The van der Waals surface area contributed by atoms with Gasteiger partial charge in [0.15, 0.2) is 0 Å². The normalized spacial score (nSPS) is 21.0. The van der Waals surface area contributed by atoms with Crippen LogP contribution in [0.2, 0.25) is 0 Å². The van der Waals surface area contributed by atoms with Crippen molar-refractivity contribution in [2.75, 3.05) is 0 Å². The first-order valence-electron chi connectivity index (χ1n) is 8.61. The summed E-state index contributed by atoms with van der Waals surface area (Å²) in [7, 11) is 0. The molecule has 0 spiro atoms. The van der Waals surface area contributed by atoms with Crippen LogP contribution in [0.5, 0.6) is 0 Å². The summed E-state index contributed by atoms with van der Waals surface area (Å²) in [5.41, 5.74) is 2.35. The number of rotatable bonds is 3. The average Bonchev–Trinajstić information content (AvgIpc) is 2.92. The van der Waals surface area contributed by atoms with Crippen molar-refractivity contribution in [2.24, 2.45) is 5.92 Å². The molecule has 1 aromatic heterocycles. The number of hydrogen-bond donors (Lipinski definition) is 1. The Hall–Kier alpha value is -2.17. The molecule has 1 saturated carbocycles. The smallest absolute Gasteiger partial charge is 0.407 e. The summed E-state index contributed by atoms with van der Waals surface area (Å²) in [4.78, 5) is 21.2. The topological polar surface area (TPSA) is 64.1 Å². The molecule has 0 bridgehead atoms. The zero-order chi connectivity index (χ0) is 17.2. The summed E-state index contributed by atoms with van der Waals surface area (Å²) in [6.07, 6.45) is 5.55. The predicted octanol–water partition coefficient (Wildman–Crippen LogP) is 3.87. The molecule has 3 rings (SSSR count). The van der Waals surface area contributed by atoms with E-state index in [9.17, 15) is 4.79 Å². The van der Waals surface area contributed by atoms with E-state index < -0.39 is 5.60 Å². The summed E-state index contributed by atoms with van der Waals surface area (Å²) >= 11 is 0. The van der Waals surface area contributed by atoms with Crippen molar-refractivity contribution in [3.63, 3.8) is 0 Å². The highest BCUT2D eigenvalue weighted by Gasteiger charge is 2.30. The Labute approximate surface area is 142 Å². The van der Waals surface area contributed by atoms with E-state index in [0.717, 1.165) is 42.4 Å². The second-order valence-corrected chi connectivity index (χ2v) is 7.50. The summed E-state index contributed by atoms with van der Waals surface area (Å²) in [6.45, 7) is 5.64. The lowest BCUT2D eigenvalue weighted by atomic mass is 9.98. The van der Waals surface area contributed by atoms with E-state index in [1.165, 1.54) is 0 Å². The monoisotopic (exact) mass is 327 g/mol. The fourth-order valence-electron chi connectivity index (χ4n) is 3.29. The number of benzene rings is 1. The Bertz CT molecular complexity index is 724. The van der Waals surface area contributed by atoms with Crippen LogP contribution in [0.3, 0.4) is 0 Å². The lowest BCUT2D eigenvalue weighted by molar-refractivity contribution is 0.0492. The Kier molecular flexibility index (Phi) is 4.69. The number of nitrogens with one attached hydrogen (secondary N) is 1. The highest BCUT2D eigenvalue weighted by Crippen LogP contribution is 2.29. The molecule has 1 N–H and O–H groups in total. The molecule has 0 unspecified atom stereocenters. The van der Waals surface area contributed by atoms with Gasteiger partial charge in [-0.2, -0.15) is 0 Å². The Morgan fingerprint density at radius 3 is 2.75 bits per heavy atom. The third kappa shape index (κ3) is 4.22. The van der Waals surface area contributed by atoms with Crippen LogP contribution in [0, 0.1) is 5.92 Å². The minimum absolute atomic E-state index is 0.146. The van der Waals surface area contributed by atoms with Gasteiger partial charge in [-0.15, -0.1) is 0 Å². The number of fused-ring (bicyclic) bond motifs is 1. The van der Waals surface area contributed by atoms with Gasteiger partial charge in [-0.3, -0.25) is 4.98 Å². The number of carbonyl (C=O) groups excluding carboxylic acids is 1. The molecule has 0 aliphatic heterocycles. The van der Waals surface area contributed by atoms with E-state index >= 15 is 0 Å². The van der Waals surface area contributed by atoms with Crippen molar-refractivity contribution < 1.29 is 9.53 Å². The number of amides is 1. The Morgan fingerprint density at radius 1 is 1.25 bits per heavy atom. The first-order chi connectivity index (χ1) is 11.4.